The van der Waals surface area contributed by atoms with Crippen LogP contribution in [-0.2, 0) is 11.2 Å². The second-order valence-electron chi connectivity index (χ2n) is 6.40. The van der Waals surface area contributed by atoms with Gasteiger partial charge in [0.1, 0.15) is 5.75 Å². The standard InChI is InChI=1S/C21H23N3O2S/c1-14-19(20(25)23-16-9-11-17(26-2)12-10-16)18(24-21(27)22-14)13-8-15-6-4-3-5-7-15/h3-7,9-12,18H,8,13H2,1-2H3,(H,23,25)(H2,22,24,27). The topological polar surface area (TPSA) is 62.4 Å². The molecule has 3 N–H and O–H groups in total. The van der Waals surface area contributed by atoms with E-state index in [1.54, 1.807) is 7.11 Å². The van der Waals surface area contributed by atoms with Crippen molar-refractivity contribution >= 4 is 28.9 Å². The Bertz CT molecular complexity index is 847. The molecule has 0 aromatic heterocycles. The fraction of sp³-hybridized carbons (Fsp3) is 0.238. The van der Waals surface area contributed by atoms with Gasteiger partial charge in [0.2, 0.25) is 0 Å². The highest BCUT2D eigenvalue weighted by Crippen LogP contribution is 2.21. The first-order chi connectivity index (χ1) is 13.1. The molecule has 1 atom stereocenters. The molecule has 1 aliphatic heterocycles. The van der Waals surface area contributed by atoms with Gasteiger partial charge in [-0.1, -0.05) is 30.3 Å². The molecule has 1 amide bonds. The number of hydrogen-bond acceptors (Lipinski definition) is 3. The van der Waals surface area contributed by atoms with Gasteiger partial charge in [-0.3, -0.25) is 4.79 Å². The minimum atomic E-state index is -0.141. The number of carbonyl (C=O) groups excluding carboxylic acids is 1. The highest BCUT2D eigenvalue weighted by atomic mass is 32.1. The first-order valence-electron chi connectivity index (χ1n) is 8.84. The van der Waals surface area contributed by atoms with E-state index in [1.807, 2.05) is 49.4 Å². The summed E-state index contributed by atoms with van der Waals surface area (Å²) in [5.41, 5.74) is 3.41. The van der Waals surface area contributed by atoms with Crippen molar-refractivity contribution in [3.63, 3.8) is 0 Å². The van der Waals surface area contributed by atoms with Gasteiger partial charge >= 0.3 is 0 Å². The summed E-state index contributed by atoms with van der Waals surface area (Å²) in [4.78, 5) is 12.9. The first-order valence-corrected chi connectivity index (χ1v) is 9.25. The number of benzene rings is 2. The van der Waals surface area contributed by atoms with Crippen LogP contribution in [0, 0.1) is 0 Å². The Morgan fingerprint density at radius 3 is 2.52 bits per heavy atom. The molecular formula is C21H23N3O2S. The van der Waals surface area contributed by atoms with E-state index in [-0.39, 0.29) is 11.9 Å². The lowest BCUT2D eigenvalue weighted by Crippen LogP contribution is -2.50. The highest BCUT2D eigenvalue weighted by Gasteiger charge is 2.28. The molecule has 2 aromatic carbocycles. The van der Waals surface area contributed by atoms with Crippen LogP contribution in [0.15, 0.2) is 65.9 Å². The minimum absolute atomic E-state index is 0.141. The number of carbonyl (C=O) groups is 1. The summed E-state index contributed by atoms with van der Waals surface area (Å²) in [6.45, 7) is 1.88. The second-order valence-corrected chi connectivity index (χ2v) is 6.80. The fourth-order valence-electron chi connectivity index (χ4n) is 3.14. The third kappa shape index (κ3) is 4.86. The van der Waals surface area contributed by atoms with Crippen LogP contribution < -0.4 is 20.7 Å². The molecular weight excluding hydrogens is 358 g/mol. The summed E-state index contributed by atoms with van der Waals surface area (Å²) in [6.07, 6.45) is 1.63. The minimum Gasteiger partial charge on any atom is -0.497 e. The fourth-order valence-corrected chi connectivity index (χ4v) is 3.43. The lowest BCUT2D eigenvalue weighted by molar-refractivity contribution is -0.113. The molecule has 0 saturated heterocycles. The maximum atomic E-state index is 12.9. The van der Waals surface area contributed by atoms with Crippen LogP contribution in [-0.4, -0.2) is 24.2 Å². The Balaban J connectivity index is 1.74. The van der Waals surface area contributed by atoms with Crippen molar-refractivity contribution in [1.29, 1.82) is 0 Å². The average molecular weight is 382 g/mol. The van der Waals surface area contributed by atoms with Gasteiger partial charge in [-0.2, -0.15) is 0 Å². The summed E-state index contributed by atoms with van der Waals surface area (Å²) in [5, 5.41) is 9.80. The Kier molecular flexibility index (Phi) is 6.08. The molecule has 0 bridgehead atoms. The number of nitrogens with one attached hydrogen (secondary N) is 3. The molecule has 140 valence electrons. The largest absolute Gasteiger partial charge is 0.497 e. The number of rotatable bonds is 6. The van der Waals surface area contributed by atoms with E-state index in [0.29, 0.717) is 10.7 Å². The quantitative estimate of drug-likeness (QED) is 0.670. The van der Waals surface area contributed by atoms with Crippen molar-refractivity contribution in [3.05, 3.63) is 71.4 Å². The molecule has 6 heteroatoms. The van der Waals surface area contributed by atoms with Gasteiger partial charge in [-0.15, -0.1) is 0 Å². The van der Waals surface area contributed by atoms with Gasteiger partial charge in [0.25, 0.3) is 5.91 Å². The SMILES string of the molecule is COc1ccc(NC(=O)C2=C(C)NC(=S)NC2CCc2ccccc2)cc1. The second kappa shape index (κ2) is 8.68. The van der Waals surface area contributed by atoms with E-state index in [2.05, 4.69) is 28.1 Å². The number of anilines is 1. The van der Waals surface area contributed by atoms with Crippen LogP contribution in [0.3, 0.4) is 0 Å². The van der Waals surface area contributed by atoms with Gasteiger partial charge in [0.05, 0.1) is 18.7 Å². The van der Waals surface area contributed by atoms with Crippen LogP contribution in [0.1, 0.15) is 18.9 Å². The van der Waals surface area contributed by atoms with E-state index in [4.69, 9.17) is 17.0 Å². The molecule has 0 radical (unpaired) electrons. The molecule has 3 rings (SSSR count). The van der Waals surface area contributed by atoms with Gasteiger partial charge in [-0.25, -0.2) is 0 Å². The van der Waals surface area contributed by atoms with Gasteiger partial charge in [-0.05, 0) is 61.8 Å². The third-order valence-electron chi connectivity index (χ3n) is 4.52. The third-order valence-corrected chi connectivity index (χ3v) is 4.74. The molecule has 0 fully saturated rings. The Morgan fingerprint density at radius 1 is 1.15 bits per heavy atom. The van der Waals surface area contributed by atoms with Gasteiger partial charge in [0.15, 0.2) is 5.11 Å². The summed E-state index contributed by atoms with van der Waals surface area (Å²) in [6, 6.07) is 17.4. The van der Waals surface area contributed by atoms with E-state index in [1.165, 1.54) is 5.56 Å². The number of amides is 1. The summed E-state index contributed by atoms with van der Waals surface area (Å²) in [5.74, 6) is 0.605. The Hall–Kier alpha value is -2.86. The summed E-state index contributed by atoms with van der Waals surface area (Å²) >= 11 is 5.29. The molecule has 1 heterocycles. The monoisotopic (exact) mass is 381 g/mol. The van der Waals surface area contributed by atoms with Gasteiger partial charge in [0, 0.05) is 11.4 Å². The highest BCUT2D eigenvalue weighted by molar-refractivity contribution is 7.80. The zero-order chi connectivity index (χ0) is 19.2. The molecule has 27 heavy (non-hydrogen) atoms. The van der Waals surface area contributed by atoms with E-state index in [0.717, 1.165) is 30.0 Å². The van der Waals surface area contributed by atoms with Crippen LogP contribution in [0.25, 0.3) is 0 Å². The zero-order valence-corrected chi connectivity index (χ0v) is 16.2. The van der Waals surface area contributed by atoms with Crippen LogP contribution in [0.4, 0.5) is 5.69 Å². The predicted molar refractivity (Wildman–Crippen MR) is 112 cm³/mol. The normalized spacial score (nSPS) is 16.4. The summed E-state index contributed by atoms with van der Waals surface area (Å²) < 4.78 is 5.15. The lowest BCUT2D eigenvalue weighted by Gasteiger charge is -2.30. The number of ether oxygens (including phenoxy) is 1. The number of hydrogen-bond donors (Lipinski definition) is 3. The smallest absolute Gasteiger partial charge is 0.255 e. The number of thiocarbonyl (C=S) groups is 1. The van der Waals surface area contributed by atoms with Crippen LogP contribution in [0.2, 0.25) is 0 Å². The van der Waals surface area contributed by atoms with E-state index >= 15 is 0 Å². The first kappa shape index (κ1) is 18.9. The van der Waals surface area contributed by atoms with Crippen molar-refractivity contribution in [2.24, 2.45) is 0 Å². The molecule has 1 unspecified atom stereocenters. The number of methoxy groups -OCH3 is 1. The van der Waals surface area contributed by atoms with Crippen molar-refractivity contribution < 1.29 is 9.53 Å². The molecule has 5 nitrogen and oxygen atoms in total. The van der Waals surface area contributed by atoms with Crippen molar-refractivity contribution in [3.8, 4) is 5.75 Å². The molecule has 0 spiro atoms. The van der Waals surface area contributed by atoms with Crippen molar-refractivity contribution in [2.75, 3.05) is 12.4 Å². The maximum Gasteiger partial charge on any atom is 0.255 e. The lowest BCUT2D eigenvalue weighted by atomic mass is 9.95. The van der Waals surface area contributed by atoms with Crippen LogP contribution in [0.5, 0.6) is 5.75 Å². The van der Waals surface area contributed by atoms with Gasteiger partial charge < -0.3 is 20.7 Å². The summed E-state index contributed by atoms with van der Waals surface area (Å²) in [7, 11) is 1.61. The molecule has 0 aliphatic carbocycles. The van der Waals surface area contributed by atoms with Crippen molar-refractivity contribution in [2.45, 2.75) is 25.8 Å². The average Bonchev–Trinajstić information content (AvgIpc) is 2.67. The molecule has 0 saturated carbocycles. The van der Waals surface area contributed by atoms with Crippen molar-refractivity contribution in [1.82, 2.24) is 10.6 Å². The number of aryl methyl sites for hydroxylation is 1. The maximum absolute atomic E-state index is 12.9. The predicted octanol–water partition coefficient (Wildman–Crippen LogP) is 3.39. The molecule has 2 aromatic rings. The van der Waals surface area contributed by atoms with E-state index in [9.17, 15) is 4.79 Å². The molecule has 1 aliphatic rings. The zero-order valence-electron chi connectivity index (χ0n) is 15.4. The Morgan fingerprint density at radius 2 is 1.85 bits per heavy atom. The number of allylic oxidation sites excluding steroid dienone is 1. The Labute approximate surface area is 164 Å². The van der Waals surface area contributed by atoms with Crippen LogP contribution >= 0.6 is 12.2 Å². The van der Waals surface area contributed by atoms with E-state index < -0.39 is 0 Å².